The summed E-state index contributed by atoms with van der Waals surface area (Å²) in [5.41, 5.74) is 0. The number of carboxylic acid groups (broad SMARTS) is 1. The summed E-state index contributed by atoms with van der Waals surface area (Å²) in [5, 5.41) is 16.1. The molecule has 1 rings (SSSR count). The summed E-state index contributed by atoms with van der Waals surface area (Å²) in [6.45, 7) is 2.12. The van der Waals surface area contributed by atoms with Crippen molar-refractivity contribution in [3.05, 3.63) is 0 Å². The van der Waals surface area contributed by atoms with E-state index >= 15 is 0 Å². The van der Waals surface area contributed by atoms with Crippen LogP contribution in [0, 0.1) is 0 Å². The molecule has 0 amide bonds. The van der Waals surface area contributed by atoms with E-state index < -0.39 is 12.0 Å². The van der Waals surface area contributed by atoms with E-state index in [0.29, 0.717) is 6.54 Å². The Bertz CT molecular complexity index is 124. The molecule has 0 spiro atoms. The van der Waals surface area contributed by atoms with Gasteiger partial charge in [-0.2, -0.15) is 0 Å². The average Bonchev–Trinajstić information content (AvgIpc) is 2.12. The zero-order chi connectivity index (χ0) is 7.40. The van der Waals surface area contributed by atoms with Crippen molar-refractivity contribution in [1.29, 1.82) is 0 Å². The van der Waals surface area contributed by atoms with E-state index in [0.717, 1.165) is 19.5 Å². The van der Waals surface area contributed by atoms with Crippen LogP contribution in [0.5, 0.6) is 0 Å². The summed E-state index contributed by atoms with van der Waals surface area (Å²) in [6, 6.07) is -0.512. The van der Waals surface area contributed by atoms with Crippen molar-refractivity contribution in [2.75, 3.05) is 19.6 Å². The van der Waals surface area contributed by atoms with Crippen LogP contribution in [0.25, 0.3) is 0 Å². The minimum Gasteiger partial charge on any atom is -0.548 e. The number of carbonyl (C=O) groups excluding carboxylic acids is 1. The van der Waals surface area contributed by atoms with Gasteiger partial charge in [0.25, 0.3) is 0 Å². The maximum absolute atomic E-state index is 10.3. The molecule has 0 radical (unpaired) electrons. The molecule has 1 atom stereocenters. The molecule has 1 fully saturated rings. The summed E-state index contributed by atoms with van der Waals surface area (Å²) >= 11 is 0. The third kappa shape index (κ3) is 4.08. The van der Waals surface area contributed by atoms with Crippen molar-refractivity contribution in [2.24, 2.45) is 0 Å². The largest absolute Gasteiger partial charge is 1.00 e. The van der Waals surface area contributed by atoms with Gasteiger partial charge in [-0.1, -0.05) is 0 Å². The van der Waals surface area contributed by atoms with Crippen molar-refractivity contribution in [3.8, 4) is 0 Å². The second-order valence-corrected chi connectivity index (χ2v) is 2.38. The van der Waals surface area contributed by atoms with Crippen LogP contribution in [-0.2, 0) is 4.79 Å². The first-order chi connectivity index (χ1) is 4.80. The number of aliphatic carboxylic acids is 1. The van der Waals surface area contributed by atoms with Crippen LogP contribution in [0.15, 0.2) is 0 Å². The van der Waals surface area contributed by atoms with E-state index in [-0.39, 0.29) is 29.6 Å². The van der Waals surface area contributed by atoms with E-state index in [1.807, 2.05) is 0 Å². The molecular formula is C6H11N2NaO2. The van der Waals surface area contributed by atoms with Gasteiger partial charge in [-0.25, -0.2) is 0 Å². The molecule has 0 aliphatic carbocycles. The zero-order valence-electron chi connectivity index (χ0n) is 6.72. The fourth-order valence-corrected chi connectivity index (χ4v) is 0.975. The SMILES string of the molecule is O=C([O-])C1CNCCCN1.[Na+]. The molecule has 0 aromatic rings. The Hall–Kier alpha value is 0.390. The van der Waals surface area contributed by atoms with Crippen LogP contribution < -0.4 is 45.3 Å². The molecule has 0 bridgehead atoms. The summed E-state index contributed by atoms with van der Waals surface area (Å²) < 4.78 is 0. The Kier molecular flexibility index (Phi) is 6.18. The number of rotatable bonds is 1. The molecule has 1 aliphatic rings. The van der Waals surface area contributed by atoms with Crippen LogP contribution in [-0.4, -0.2) is 31.6 Å². The quantitative estimate of drug-likeness (QED) is 0.382. The molecule has 0 aromatic carbocycles. The fraction of sp³-hybridized carbons (Fsp3) is 0.833. The molecule has 11 heavy (non-hydrogen) atoms. The summed E-state index contributed by atoms with van der Waals surface area (Å²) in [5.74, 6) is -1.02. The first-order valence-corrected chi connectivity index (χ1v) is 3.45. The third-order valence-electron chi connectivity index (χ3n) is 1.55. The van der Waals surface area contributed by atoms with Crippen LogP contribution >= 0.6 is 0 Å². The van der Waals surface area contributed by atoms with Crippen molar-refractivity contribution < 1.29 is 39.5 Å². The molecule has 2 N–H and O–H groups in total. The van der Waals surface area contributed by atoms with Gasteiger partial charge in [0.15, 0.2) is 0 Å². The van der Waals surface area contributed by atoms with Crippen molar-refractivity contribution in [3.63, 3.8) is 0 Å². The number of carbonyl (C=O) groups is 1. The van der Waals surface area contributed by atoms with Gasteiger partial charge >= 0.3 is 29.6 Å². The van der Waals surface area contributed by atoms with E-state index in [1.165, 1.54) is 0 Å². The zero-order valence-corrected chi connectivity index (χ0v) is 8.72. The first kappa shape index (κ1) is 11.4. The van der Waals surface area contributed by atoms with Gasteiger partial charge in [-0.15, -0.1) is 0 Å². The summed E-state index contributed by atoms with van der Waals surface area (Å²) in [6.07, 6.45) is 0.976. The predicted molar refractivity (Wildman–Crippen MR) is 34.3 cm³/mol. The maximum atomic E-state index is 10.3. The van der Waals surface area contributed by atoms with Crippen molar-refractivity contribution >= 4 is 5.97 Å². The Morgan fingerprint density at radius 3 is 2.82 bits per heavy atom. The predicted octanol–water partition coefficient (Wildman–Crippen LogP) is -5.31. The summed E-state index contributed by atoms with van der Waals surface area (Å²) in [4.78, 5) is 10.3. The Balaban J connectivity index is 0.000001000. The molecule has 1 saturated heterocycles. The topological polar surface area (TPSA) is 64.2 Å². The maximum Gasteiger partial charge on any atom is 1.00 e. The van der Waals surface area contributed by atoms with Gasteiger partial charge in [0.1, 0.15) is 0 Å². The average molecular weight is 166 g/mol. The Morgan fingerprint density at radius 2 is 2.18 bits per heavy atom. The van der Waals surface area contributed by atoms with Crippen molar-refractivity contribution in [1.82, 2.24) is 10.6 Å². The van der Waals surface area contributed by atoms with Crippen LogP contribution in [0.4, 0.5) is 0 Å². The molecule has 58 valence electrons. The molecule has 1 heterocycles. The van der Waals surface area contributed by atoms with Gasteiger partial charge in [-0.05, 0) is 19.5 Å². The van der Waals surface area contributed by atoms with Crippen LogP contribution in [0.3, 0.4) is 0 Å². The van der Waals surface area contributed by atoms with Crippen molar-refractivity contribution in [2.45, 2.75) is 12.5 Å². The molecule has 1 aliphatic heterocycles. The molecule has 1 unspecified atom stereocenters. The van der Waals surface area contributed by atoms with Gasteiger partial charge in [0.2, 0.25) is 0 Å². The van der Waals surface area contributed by atoms with Gasteiger partial charge < -0.3 is 20.5 Å². The Labute approximate surface area is 88.0 Å². The molecule has 0 saturated carbocycles. The minimum atomic E-state index is -1.02. The van der Waals surface area contributed by atoms with Gasteiger partial charge in [0.05, 0.1) is 12.0 Å². The summed E-state index contributed by atoms with van der Waals surface area (Å²) in [7, 11) is 0. The number of hydrogen-bond acceptors (Lipinski definition) is 4. The second-order valence-electron chi connectivity index (χ2n) is 2.38. The third-order valence-corrected chi connectivity index (χ3v) is 1.55. The second kappa shape index (κ2) is 5.97. The molecule has 5 heteroatoms. The monoisotopic (exact) mass is 166 g/mol. The van der Waals surface area contributed by atoms with Gasteiger partial charge in [-0.3, -0.25) is 0 Å². The molecule has 4 nitrogen and oxygen atoms in total. The van der Waals surface area contributed by atoms with Crippen LogP contribution in [0.2, 0.25) is 0 Å². The molecule has 0 aromatic heterocycles. The normalized spacial score (nSPS) is 24.9. The van der Waals surface area contributed by atoms with E-state index in [9.17, 15) is 9.90 Å². The van der Waals surface area contributed by atoms with E-state index in [1.54, 1.807) is 0 Å². The van der Waals surface area contributed by atoms with Crippen LogP contribution in [0.1, 0.15) is 6.42 Å². The van der Waals surface area contributed by atoms with E-state index in [4.69, 9.17) is 0 Å². The number of carboxylic acids is 1. The van der Waals surface area contributed by atoms with Gasteiger partial charge in [0, 0.05) is 6.54 Å². The minimum absolute atomic E-state index is 0. The number of hydrogen-bond donors (Lipinski definition) is 2. The standard InChI is InChI=1S/C6H12N2O2.Na/c9-6(10)5-4-7-2-1-3-8-5;/h5,7-8H,1-4H2,(H,9,10);/q;+1/p-1. The molecular weight excluding hydrogens is 155 g/mol. The first-order valence-electron chi connectivity index (χ1n) is 3.45. The number of nitrogens with one attached hydrogen (secondary N) is 2. The van der Waals surface area contributed by atoms with E-state index in [2.05, 4.69) is 10.6 Å². The fourth-order valence-electron chi connectivity index (χ4n) is 0.975. The Morgan fingerprint density at radius 1 is 1.45 bits per heavy atom. The smallest absolute Gasteiger partial charge is 0.548 e.